The highest BCUT2D eigenvalue weighted by atomic mass is 19.4. The lowest BCUT2D eigenvalue weighted by molar-refractivity contribution is -0.138. The third-order valence-electron chi connectivity index (χ3n) is 3.13. The number of halogens is 6. The first kappa shape index (κ1) is 17.1. The van der Waals surface area contributed by atoms with E-state index in [-0.39, 0.29) is 11.1 Å². The summed E-state index contributed by atoms with van der Waals surface area (Å²) in [5, 5.41) is 0. The molecule has 0 aliphatic carbocycles. The molecule has 0 N–H and O–H groups in total. The lowest BCUT2D eigenvalue weighted by atomic mass is 10.00. The van der Waals surface area contributed by atoms with Crippen molar-refractivity contribution in [3.05, 3.63) is 70.8 Å². The van der Waals surface area contributed by atoms with Gasteiger partial charge in [-0.25, -0.2) is 0 Å². The van der Waals surface area contributed by atoms with Crippen LogP contribution in [0.1, 0.15) is 27.0 Å². The van der Waals surface area contributed by atoms with Crippen LogP contribution in [-0.4, -0.2) is 5.78 Å². The molecule has 0 unspecified atom stereocenters. The first-order valence-corrected chi connectivity index (χ1v) is 6.44. The van der Waals surface area contributed by atoms with Gasteiger partial charge in [-0.1, -0.05) is 30.3 Å². The molecule has 0 heterocycles. The Morgan fingerprint density at radius 2 is 1.30 bits per heavy atom. The quantitative estimate of drug-likeness (QED) is 0.561. The van der Waals surface area contributed by atoms with Gasteiger partial charge in [0.2, 0.25) is 0 Å². The molecule has 0 bridgehead atoms. The summed E-state index contributed by atoms with van der Waals surface area (Å²) >= 11 is 0. The molecule has 2 rings (SSSR count). The van der Waals surface area contributed by atoms with E-state index >= 15 is 0 Å². The monoisotopic (exact) mass is 332 g/mol. The fourth-order valence-corrected chi connectivity index (χ4v) is 2.01. The Kier molecular flexibility index (Phi) is 4.49. The summed E-state index contributed by atoms with van der Waals surface area (Å²) < 4.78 is 75.6. The minimum absolute atomic E-state index is 0.0854. The van der Waals surface area contributed by atoms with Crippen LogP contribution in [0.2, 0.25) is 0 Å². The van der Waals surface area contributed by atoms with Crippen molar-refractivity contribution in [3.8, 4) is 0 Å². The van der Waals surface area contributed by atoms with E-state index in [0.29, 0.717) is 6.07 Å². The van der Waals surface area contributed by atoms with Crippen molar-refractivity contribution in [2.75, 3.05) is 0 Å². The Labute approximate surface area is 127 Å². The molecule has 2 aromatic rings. The third kappa shape index (κ3) is 4.34. The van der Waals surface area contributed by atoms with Crippen molar-refractivity contribution >= 4 is 5.78 Å². The molecular formula is C16H10F6O. The first-order valence-electron chi connectivity index (χ1n) is 6.44. The molecule has 0 aliphatic rings. The number of Topliss-reactive ketones (excluding diaryl/α,β-unsaturated/α-hetero) is 1. The second-order valence-electron chi connectivity index (χ2n) is 4.88. The number of benzene rings is 2. The summed E-state index contributed by atoms with van der Waals surface area (Å²) in [6, 6.07) is 7.94. The van der Waals surface area contributed by atoms with E-state index in [1.807, 2.05) is 0 Å². The highest BCUT2D eigenvalue weighted by molar-refractivity contribution is 5.97. The molecule has 23 heavy (non-hydrogen) atoms. The summed E-state index contributed by atoms with van der Waals surface area (Å²) in [7, 11) is 0. The van der Waals surface area contributed by atoms with Crippen LogP contribution < -0.4 is 0 Å². The SMILES string of the molecule is O=C(Cc1cccc(C(F)(F)F)c1)c1cccc(C(F)(F)F)c1. The Balaban J connectivity index is 2.23. The van der Waals surface area contributed by atoms with Gasteiger partial charge in [0.1, 0.15) is 0 Å². The Hall–Kier alpha value is -2.31. The molecule has 7 heteroatoms. The fourth-order valence-electron chi connectivity index (χ4n) is 2.01. The number of hydrogen-bond donors (Lipinski definition) is 0. The van der Waals surface area contributed by atoms with Crippen molar-refractivity contribution in [3.63, 3.8) is 0 Å². The van der Waals surface area contributed by atoms with Gasteiger partial charge in [0.25, 0.3) is 0 Å². The third-order valence-corrected chi connectivity index (χ3v) is 3.13. The maximum absolute atomic E-state index is 12.6. The van der Waals surface area contributed by atoms with Crippen LogP contribution in [-0.2, 0) is 18.8 Å². The lowest BCUT2D eigenvalue weighted by Gasteiger charge is -2.10. The van der Waals surface area contributed by atoms with Gasteiger partial charge >= 0.3 is 12.4 Å². The Morgan fingerprint density at radius 3 is 1.87 bits per heavy atom. The van der Waals surface area contributed by atoms with Crippen LogP contribution >= 0.6 is 0 Å². The van der Waals surface area contributed by atoms with Crippen LogP contribution in [0.25, 0.3) is 0 Å². The average Bonchev–Trinajstić information content (AvgIpc) is 2.46. The molecule has 0 saturated heterocycles. The topological polar surface area (TPSA) is 17.1 Å². The highest BCUT2D eigenvalue weighted by Crippen LogP contribution is 2.31. The summed E-state index contributed by atoms with van der Waals surface area (Å²) in [4.78, 5) is 12.0. The average molecular weight is 332 g/mol. The molecule has 122 valence electrons. The Morgan fingerprint density at radius 1 is 0.783 bits per heavy atom. The van der Waals surface area contributed by atoms with E-state index in [1.165, 1.54) is 12.1 Å². The van der Waals surface area contributed by atoms with E-state index in [2.05, 4.69) is 0 Å². The van der Waals surface area contributed by atoms with E-state index < -0.39 is 35.7 Å². The van der Waals surface area contributed by atoms with Gasteiger partial charge in [0.15, 0.2) is 5.78 Å². The van der Waals surface area contributed by atoms with Gasteiger partial charge in [-0.05, 0) is 23.8 Å². The minimum atomic E-state index is -4.59. The molecule has 0 amide bonds. The van der Waals surface area contributed by atoms with Gasteiger partial charge in [-0.15, -0.1) is 0 Å². The van der Waals surface area contributed by atoms with Crippen molar-refractivity contribution in [2.45, 2.75) is 18.8 Å². The second kappa shape index (κ2) is 6.06. The maximum atomic E-state index is 12.6. The Bertz CT molecular complexity index is 715. The number of ketones is 1. The summed E-state index contributed by atoms with van der Waals surface area (Å²) in [5.74, 6) is -0.685. The van der Waals surface area contributed by atoms with Crippen molar-refractivity contribution in [1.82, 2.24) is 0 Å². The molecule has 0 aromatic heterocycles. The molecule has 0 radical (unpaired) electrons. The lowest BCUT2D eigenvalue weighted by Crippen LogP contribution is -2.10. The molecule has 0 aliphatic heterocycles. The largest absolute Gasteiger partial charge is 0.416 e. The predicted octanol–water partition coefficient (Wildman–Crippen LogP) is 5.15. The van der Waals surface area contributed by atoms with Gasteiger partial charge in [-0.3, -0.25) is 4.79 Å². The van der Waals surface area contributed by atoms with Crippen LogP contribution in [0.3, 0.4) is 0 Å². The van der Waals surface area contributed by atoms with Gasteiger partial charge in [0.05, 0.1) is 11.1 Å². The maximum Gasteiger partial charge on any atom is 0.416 e. The highest BCUT2D eigenvalue weighted by Gasteiger charge is 2.31. The van der Waals surface area contributed by atoms with E-state index in [4.69, 9.17) is 0 Å². The summed E-state index contributed by atoms with van der Waals surface area (Å²) in [6.07, 6.45) is -9.55. The molecule has 2 aromatic carbocycles. The predicted molar refractivity (Wildman–Crippen MR) is 70.9 cm³/mol. The fraction of sp³-hybridized carbons (Fsp3) is 0.188. The van der Waals surface area contributed by atoms with E-state index in [0.717, 1.165) is 30.3 Å². The van der Waals surface area contributed by atoms with E-state index in [9.17, 15) is 31.1 Å². The minimum Gasteiger partial charge on any atom is -0.294 e. The normalized spacial score (nSPS) is 12.3. The smallest absolute Gasteiger partial charge is 0.294 e. The van der Waals surface area contributed by atoms with Crippen LogP contribution in [0.5, 0.6) is 0 Å². The number of alkyl halides is 6. The second-order valence-corrected chi connectivity index (χ2v) is 4.88. The molecule has 0 fully saturated rings. The number of carbonyl (C=O) groups is 1. The van der Waals surface area contributed by atoms with Crippen LogP contribution in [0.15, 0.2) is 48.5 Å². The van der Waals surface area contributed by atoms with Gasteiger partial charge in [0, 0.05) is 12.0 Å². The standard InChI is InChI=1S/C16H10F6O/c17-15(18,19)12-5-1-3-10(7-12)8-14(23)11-4-2-6-13(9-11)16(20,21)22/h1-7,9H,8H2. The van der Waals surface area contributed by atoms with Crippen molar-refractivity contribution in [2.24, 2.45) is 0 Å². The van der Waals surface area contributed by atoms with Crippen molar-refractivity contribution < 1.29 is 31.1 Å². The molecule has 1 nitrogen and oxygen atoms in total. The van der Waals surface area contributed by atoms with Crippen molar-refractivity contribution in [1.29, 1.82) is 0 Å². The zero-order valence-electron chi connectivity index (χ0n) is 11.5. The van der Waals surface area contributed by atoms with Gasteiger partial charge < -0.3 is 0 Å². The molecule has 0 atom stereocenters. The summed E-state index contributed by atoms with van der Waals surface area (Å²) in [5.41, 5.74) is -2.00. The first-order chi connectivity index (χ1) is 10.6. The zero-order chi connectivity index (χ0) is 17.3. The number of carbonyl (C=O) groups excluding carboxylic acids is 1. The molecule has 0 saturated carbocycles. The number of rotatable bonds is 3. The van der Waals surface area contributed by atoms with Crippen LogP contribution in [0.4, 0.5) is 26.3 Å². The van der Waals surface area contributed by atoms with Crippen LogP contribution in [0, 0.1) is 0 Å². The molecular weight excluding hydrogens is 322 g/mol. The summed E-state index contributed by atoms with van der Waals surface area (Å²) in [6.45, 7) is 0. The zero-order valence-corrected chi connectivity index (χ0v) is 11.5. The van der Waals surface area contributed by atoms with Gasteiger partial charge in [-0.2, -0.15) is 26.3 Å². The molecule has 0 spiro atoms. The van der Waals surface area contributed by atoms with E-state index in [1.54, 1.807) is 0 Å². The number of hydrogen-bond acceptors (Lipinski definition) is 1.